The molecular weight excluding hydrogens is 322 g/mol. The molecule has 0 saturated heterocycles. The van der Waals surface area contributed by atoms with Crippen molar-refractivity contribution in [3.05, 3.63) is 39.2 Å². The number of fused-ring (bicyclic) bond motifs is 1. The molecule has 0 radical (unpaired) electrons. The molecule has 2 aromatic rings. The van der Waals surface area contributed by atoms with Crippen molar-refractivity contribution >= 4 is 36.8 Å². The highest BCUT2D eigenvalue weighted by Gasteiger charge is 2.12. The molecule has 1 aromatic heterocycles. The molecule has 0 atom stereocenters. The molecule has 0 unspecified atom stereocenters. The number of aromatic amines is 1. The molecule has 18 heavy (non-hydrogen) atoms. The number of nitrogens with one attached hydrogen (secondary N) is 1. The van der Waals surface area contributed by atoms with Crippen LogP contribution in [0.4, 0.5) is 0 Å². The minimum atomic E-state index is -4.29. The van der Waals surface area contributed by atoms with Crippen LogP contribution in [0.3, 0.4) is 0 Å². The van der Waals surface area contributed by atoms with Crippen LogP contribution < -0.4 is 5.56 Å². The molecule has 0 aliphatic heterocycles. The Labute approximate surface area is 113 Å². The maximum absolute atomic E-state index is 11.5. The summed E-state index contributed by atoms with van der Waals surface area (Å²) in [5.41, 5.74) is -0.413. The third kappa shape index (κ3) is 2.98. The van der Waals surface area contributed by atoms with Crippen molar-refractivity contribution in [1.82, 2.24) is 4.98 Å². The number of hydrogen-bond acceptors (Lipinski definition) is 3. The fraction of sp³-hybridized carbons (Fsp3) is 0.182. The number of rotatable bonds is 1. The van der Waals surface area contributed by atoms with E-state index in [4.69, 9.17) is 4.55 Å². The predicted molar refractivity (Wildman–Crippen MR) is 73.4 cm³/mol. The molecule has 0 aliphatic carbocycles. The minimum Gasteiger partial charge on any atom is -0.327 e. The maximum atomic E-state index is 11.5. The molecule has 2 rings (SSSR count). The van der Waals surface area contributed by atoms with Crippen LogP contribution in [-0.2, 0) is 10.1 Å². The highest BCUT2D eigenvalue weighted by molar-refractivity contribution is 9.10. The molecule has 1 heterocycles. The van der Waals surface area contributed by atoms with Crippen molar-refractivity contribution in [1.29, 1.82) is 0 Å². The van der Waals surface area contributed by atoms with Gasteiger partial charge in [0.25, 0.3) is 15.7 Å². The monoisotopic (exact) mass is 333 g/mol. The summed E-state index contributed by atoms with van der Waals surface area (Å²) >= 11 is 3.22. The molecule has 0 spiro atoms. The van der Waals surface area contributed by atoms with Gasteiger partial charge in [-0.2, -0.15) is 8.42 Å². The summed E-state index contributed by atoms with van der Waals surface area (Å²) in [6.07, 6.45) is 1.47. The first kappa shape index (κ1) is 14.9. The molecule has 98 valence electrons. The summed E-state index contributed by atoms with van der Waals surface area (Å²) in [7, 11) is -4.29. The van der Waals surface area contributed by atoms with E-state index in [-0.39, 0.29) is 10.3 Å². The average Bonchev–Trinajstić information content (AvgIpc) is 2.35. The van der Waals surface area contributed by atoms with Gasteiger partial charge in [-0.15, -0.1) is 0 Å². The van der Waals surface area contributed by atoms with Gasteiger partial charge < -0.3 is 4.98 Å². The smallest absolute Gasteiger partial charge is 0.294 e. The second-order valence-electron chi connectivity index (χ2n) is 3.15. The summed E-state index contributed by atoms with van der Waals surface area (Å²) in [5, 5.41) is 0.778. The Morgan fingerprint density at radius 3 is 2.39 bits per heavy atom. The van der Waals surface area contributed by atoms with Crippen LogP contribution in [0.15, 0.2) is 38.6 Å². The summed E-state index contributed by atoms with van der Waals surface area (Å²) in [6.45, 7) is 4.00. The van der Waals surface area contributed by atoms with E-state index in [0.29, 0.717) is 9.86 Å². The molecule has 2 N–H and O–H groups in total. The molecule has 0 aliphatic rings. The topological polar surface area (TPSA) is 87.2 Å². The Bertz CT molecular complexity index is 721. The molecule has 0 saturated carbocycles. The maximum Gasteiger partial charge on any atom is 0.294 e. The largest absolute Gasteiger partial charge is 0.327 e. The van der Waals surface area contributed by atoms with E-state index in [9.17, 15) is 13.2 Å². The van der Waals surface area contributed by atoms with Crippen molar-refractivity contribution in [2.24, 2.45) is 0 Å². The SMILES string of the molecule is CC.O=c1[nH]cc(Br)c2ccc(S(=O)(=O)O)cc12. The zero-order chi connectivity index (χ0) is 13.9. The number of hydrogen-bond donors (Lipinski definition) is 2. The normalized spacial score (nSPS) is 10.9. The highest BCUT2D eigenvalue weighted by Crippen LogP contribution is 2.22. The lowest BCUT2D eigenvalue weighted by Crippen LogP contribution is -2.07. The van der Waals surface area contributed by atoms with Crippen LogP contribution in [0, 0.1) is 0 Å². The van der Waals surface area contributed by atoms with E-state index in [1.54, 1.807) is 0 Å². The van der Waals surface area contributed by atoms with E-state index >= 15 is 0 Å². The lowest BCUT2D eigenvalue weighted by molar-refractivity contribution is 0.483. The third-order valence-electron chi connectivity index (χ3n) is 2.12. The van der Waals surface area contributed by atoms with Gasteiger partial charge in [0.1, 0.15) is 0 Å². The molecule has 0 amide bonds. The van der Waals surface area contributed by atoms with Crippen molar-refractivity contribution < 1.29 is 13.0 Å². The van der Waals surface area contributed by atoms with Crippen molar-refractivity contribution in [2.75, 3.05) is 0 Å². The van der Waals surface area contributed by atoms with Gasteiger partial charge in [-0.05, 0) is 28.1 Å². The van der Waals surface area contributed by atoms with Gasteiger partial charge in [0.2, 0.25) is 0 Å². The fourth-order valence-electron chi connectivity index (χ4n) is 1.36. The molecule has 5 nitrogen and oxygen atoms in total. The summed E-state index contributed by atoms with van der Waals surface area (Å²) in [5.74, 6) is 0. The number of aromatic nitrogens is 1. The summed E-state index contributed by atoms with van der Waals surface area (Å²) in [6, 6.07) is 3.83. The van der Waals surface area contributed by atoms with Crippen LogP contribution in [0.2, 0.25) is 0 Å². The van der Waals surface area contributed by atoms with Gasteiger partial charge >= 0.3 is 0 Å². The standard InChI is InChI=1S/C9H6BrNO4S.C2H6/c10-8-4-11-9(12)7-3-5(16(13,14)15)1-2-6(7)8;1-2/h1-4H,(H,11,12)(H,13,14,15);1-2H3. The average molecular weight is 334 g/mol. The Morgan fingerprint density at radius 2 is 1.83 bits per heavy atom. The summed E-state index contributed by atoms with van der Waals surface area (Å²) < 4.78 is 31.3. The van der Waals surface area contributed by atoms with Gasteiger partial charge in [-0.1, -0.05) is 19.9 Å². The summed E-state index contributed by atoms with van der Waals surface area (Å²) in [4.78, 5) is 13.6. The Balaban J connectivity index is 0.000000771. The third-order valence-corrected chi connectivity index (χ3v) is 3.63. The number of halogens is 1. The molecule has 7 heteroatoms. The first-order chi connectivity index (χ1) is 8.39. The van der Waals surface area contributed by atoms with Crippen LogP contribution >= 0.6 is 15.9 Å². The van der Waals surface area contributed by atoms with Gasteiger partial charge in [0.15, 0.2) is 0 Å². The lowest BCUT2D eigenvalue weighted by atomic mass is 10.2. The van der Waals surface area contributed by atoms with Crippen LogP contribution in [-0.4, -0.2) is 18.0 Å². The van der Waals surface area contributed by atoms with E-state index in [1.165, 1.54) is 18.3 Å². The van der Waals surface area contributed by atoms with Crippen LogP contribution in [0.25, 0.3) is 10.8 Å². The number of benzene rings is 1. The first-order valence-corrected chi connectivity index (χ1v) is 7.41. The lowest BCUT2D eigenvalue weighted by Gasteiger charge is -2.01. The molecule has 1 aromatic carbocycles. The Kier molecular flexibility index (Phi) is 4.66. The zero-order valence-electron chi connectivity index (χ0n) is 9.77. The zero-order valence-corrected chi connectivity index (χ0v) is 12.2. The molecule has 0 fully saturated rings. The van der Waals surface area contributed by atoms with E-state index in [2.05, 4.69) is 20.9 Å². The Morgan fingerprint density at radius 1 is 1.22 bits per heavy atom. The van der Waals surface area contributed by atoms with Crippen LogP contribution in [0.5, 0.6) is 0 Å². The van der Waals surface area contributed by atoms with Crippen molar-refractivity contribution in [3.8, 4) is 0 Å². The quantitative estimate of drug-likeness (QED) is 0.785. The van der Waals surface area contributed by atoms with Gasteiger partial charge in [0, 0.05) is 21.4 Å². The predicted octanol–water partition coefficient (Wildman–Crippen LogP) is 2.56. The van der Waals surface area contributed by atoms with E-state index in [0.717, 1.165) is 6.07 Å². The van der Waals surface area contributed by atoms with E-state index in [1.807, 2.05) is 13.8 Å². The van der Waals surface area contributed by atoms with Crippen molar-refractivity contribution in [2.45, 2.75) is 18.7 Å². The first-order valence-electron chi connectivity index (χ1n) is 5.18. The van der Waals surface area contributed by atoms with Gasteiger partial charge in [-0.25, -0.2) is 0 Å². The minimum absolute atomic E-state index is 0.199. The van der Waals surface area contributed by atoms with Crippen molar-refractivity contribution in [3.63, 3.8) is 0 Å². The van der Waals surface area contributed by atoms with Gasteiger partial charge in [0.05, 0.1) is 4.90 Å². The van der Waals surface area contributed by atoms with Crippen LogP contribution in [0.1, 0.15) is 13.8 Å². The second-order valence-corrected chi connectivity index (χ2v) is 5.42. The fourth-order valence-corrected chi connectivity index (χ4v) is 2.33. The molecule has 0 bridgehead atoms. The van der Waals surface area contributed by atoms with Gasteiger partial charge in [-0.3, -0.25) is 9.35 Å². The number of pyridine rings is 1. The molecular formula is C11H12BrNO4S. The highest BCUT2D eigenvalue weighted by atomic mass is 79.9. The Hall–Kier alpha value is -1.18. The van der Waals surface area contributed by atoms with E-state index < -0.39 is 15.7 Å². The second kappa shape index (κ2) is 5.64. The number of H-pyrrole nitrogens is 1.